The first-order valence-corrected chi connectivity index (χ1v) is 5.19. The Labute approximate surface area is 71.3 Å². The van der Waals surface area contributed by atoms with Crippen molar-refractivity contribution in [3.8, 4) is 0 Å². The molecule has 1 atom stereocenters. The third-order valence-electron chi connectivity index (χ3n) is 1.89. The molecule has 3 nitrogen and oxygen atoms in total. The van der Waals surface area contributed by atoms with Crippen LogP contribution in [0, 0.1) is 0 Å². The zero-order valence-corrected chi connectivity index (χ0v) is 7.56. The normalized spacial score (nSPS) is 24.2. The molecule has 1 amide bonds. The first-order valence-electron chi connectivity index (χ1n) is 3.79. The van der Waals surface area contributed by atoms with Gasteiger partial charge in [0.1, 0.15) is 0 Å². The van der Waals surface area contributed by atoms with Gasteiger partial charge >= 0.3 is 0 Å². The van der Waals surface area contributed by atoms with Gasteiger partial charge in [-0.05, 0) is 19.1 Å². The van der Waals surface area contributed by atoms with Crippen LogP contribution in [0.1, 0.15) is 12.8 Å². The van der Waals surface area contributed by atoms with Crippen LogP contribution in [-0.2, 0) is 4.79 Å². The van der Waals surface area contributed by atoms with Crippen LogP contribution >= 0.6 is 11.8 Å². The van der Waals surface area contributed by atoms with Crippen molar-refractivity contribution in [1.82, 2.24) is 4.90 Å². The molecule has 1 saturated heterocycles. The Kier molecular flexibility index (Phi) is 3.20. The number of thioether (sulfide) groups is 1. The summed E-state index contributed by atoms with van der Waals surface area (Å²) < 4.78 is 0. The molecule has 1 rings (SSSR count). The van der Waals surface area contributed by atoms with Gasteiger partial charge in [-0.25, -0.2) is 0 Å². The number of rotatable bonds is 2. The Hall–Kier alpha value is -0.220. The number of amides is 1. The molecule has 1 heterocycles. The molecule has 4 heteroatoms. The molecule has 11 heavy (non-hydrogen) atoms. The van der Waals surface area contributed by atoms with Crippen molar-refractivity contribution < 1.29 is 4.79 Å². The number of nitrogens with two attached hydrogens (primary N) is 1. The lowest BCUT2D eigenvalue weighted by molar-refractivity contribution is -0.129. The van der Waals surface area contributed by atoms with Crippen molar-refractivity contribution in [1.29, 1.82) is 0 Å². The first kappa shape index (κ1) is 8.87. The minimum Gasteiger partial charge on any atom is -0.327 e. The fourth-order valence-corrected chi connectivity index (χ4v) is 1.72. The van der Waals surface area contributed by atoms with E-state index in [1.165, 1.54) is 0 Å². The summed E-state index contributed by atoms with van der Waals surface area (Å²) in [6, 6.07) is 0. The number of nitrogens with zero attached hydrogens (tertiary/aromatic N) is 1. The second kappa shape index (κ2) is 3.97. The van der Waals surface area contributed by atoms with E-state index in [9.17, 15) is 4.79 Å². The van der Waals surface area contributed by atoms with Gasteiger partial charge in [-0.15, -0.1) is 0 Å². The second-order valence-electron chi connectivity index (χ2n) is 2.73. The Balaban J connectivity index is 2.39. The number of likely N-dealkylation sites (tertiary alicyclic amines) is 1. The minimum atomic E-state index is -0.0188. The predicted molar refractivity (Wildman–Crippen MR) is 47.3 cm³/mol. The molecule has 1 fully saturated rings. The van der Waals surface area contributed by atoms with Gasteiger partial charge in [-0.2, -0.15) is 11.8 Å². The maximum atomic E-state index is 11.3. The smallest absolute Gasteiger partial charge is 0.233 e. The molecule has 0 radical (unpaired) electrons. The van der Waals surface area contributed by atoms with E-state index in [0.29, 0.717) is 5.75 Å². The first-order chi connectivity index (χ1) is 5.25. The van der Waals surface area contributed by atoms with E-state index in [-0.39, 0.29) is 12.1 Å². The molecule has 0 bridgehead atoms. The van der Waals surface area contributed by atoms with Crippen LogP contribution in [0.25, 0.3) is 0 Å². The largest absolute Gasteiger partial charge is 0.327 e. The summed E-state index contributed by atoms with van der Waals surface area (Å²) in [4.78, 5) is 13.1. The molecule has 0 aromatic carbocycles. The van der Waals surface area contributed by atoms with Crippen molar-refractivity contribution in [3.05, 3.63) is 0 Å². The summed E-state index contributed by atoms with van der Waals surface area (Å²) in [5.74, 6) is 0.746. The summed E-state index contributed by atoms with van der Waals surface area (Å²) in [5.41, 5.74) is 5.71. The quantitative estimate of drug-likeness (QED) is 0.653. The molecule has 1 aliphatic rings. The fourth-order valence-electron chi connectivity index (χ4n) is 1.31. The lowest BCUT2D eigenvalue weighted by Crippen LogP contribution is -2.41. The Bertz CT molecular complexity index is 151. The van der Waals surface area contributed by atoms with E-state index in [2.05, 4.69) is 0 Å². The molecule has 0 aromatic rings. The van der Waals surface area contributed by atoms with E-state index in [1.807, 2.05) is 6.26 Å². The van der Waals surface area contributed by atoms with Gasteiger partial charge in [-0.1, -0.05) is 0 Å². The van der Waals surface area contributed by atoms with Crippen molar-refractivity contribution in [2.24, 2.45) is 5.73 Å². The monoisotopic (exact) mass is 174 g/mol. The Morgan fingerprint density at radius 3 is 3.00 bits per heavy atom. The van der Waals surface area contributed by atoms with Gasteiger partial charge < -0.3 is 10.6 Å². The van der Waals surface area contributed by atoms with E-state index < -0.39 is 0 Å². The van der Waals surface area contributed by atoms with Gasteiger partial charge in [-0.3, -0.25) is 4.79 Å². The summed E-state index contributed by atoms with van der Waals surface area (Å²) in [5, 5.41) is 0. The van der Waals surface area contributed by atoms with Crippen molar-refractivity contribution in [2.45, 2.75) is 19.0 Å². The highest BCUT2D eigenvalue weighted by molar-refractivity contribution is 7.99. The van der Waals surface area contributed by atoms with Crippen molar-refractivity contribution in [2.75, 3.05) is 18.6 Å². The summed E-state index contributed by atoms with van der Waals surface area (Å²) in [6.07, 6.45) is 3.93. The predicted octanol–water partition coefficient (Wildman–Crippen LogP) is 0.257. The minimum absolute atomic E-state index is 0.0188. The van der Waals surface area contributed by atoms with Gasteiger partial charge in [0.15, 0.2) is 0 Å². The van der Waals surface area contributed by atoms with Crippen LogP contribution in [0.15, 0.2) is 0 Å². The highest BCUT2D eigenvalue weighted by Crippen LogP contribution is 2.13. The SMILES string of the molecule is CSCC(=O)N1CCCC1N. The van der Waals surface area contributed by atoms with E-state index >= 15 is 0 Å². The third-order valence-corrected chi connectivity index (χ3v) is 2.42. The lowest BCUT2D eigenvalue weighted by atomic mass is 10.3. The van der Waals surface area contributed by atoms with E-state index in [4.69, 9.17) is 5.73 Å². The van der Waals surface area contributed by atoms with Crippen LogP contribution in [-0.4, -0.2) is 35.5 Å². The van der Waals surface area contributed by atoms with Crippen molar-refractivity contribution >= 4 is 17.7 Å². The highest BCUT2D eigenvalue weighted by Gasteiger charge is 2.24. The molecular weight excluding hydrogens is 160 g/mol. The molecule has 1 unspecified atom stereocenters. The van der Waals surface area contributed by atoms with E-state index in [0.717, 1.165) is 19.4 Å². The number of carbonyl (C=O) groups excluding carboxylic acids is 1. The molecule has 0 aliphatic carbocycles. The standard InChI is InChI=1S/C7H14N2OS/c1-11-5-7(10)9-4-2-3-6(9)8/h6H,2-5,8H2,1H3. The number of hydrogen-bond acceptors (Lipinski definition) is 3. The van der Waals surface area contributed by atoms with Gasteiger partial charge in [0.2, 0.25) is 5.91 Å². The lowest BCUT2D eigenvalue weighted by Gasteiger charge is -2.20. The average Bonchev–Trinajstić information content (AvgIpc) is 2.36. The average molecular weight is 174 g/mol. The maximum Gasteiger partial charge on any atom is 0.233 e. The third kappa shape index (κ3) is 2.10. The summed E-state index contributed by atoms with van der Waals surface area (Å²) >= 11 is 1.55. The Morgan fingerprint density at radius 1 is 1.82 bits per heavy atom. The topological polar surface area (TPSA) is 46.3 Å². The summed E-state index contributed by atoms with van der Waals surface area (Å²) in [6.45, 7) is 0.848. The number of hydrogen-bond donors (Lipinski definition) is 1. The fraction of sp³-hybridized carbons (Fsp3) is 0.857. The van der Waals surface area contributed by atoms with Crippen LogP contribution in [0.4, 0.5) is 0 Å². The van der Waals surface area contributed by atoms with Gasteiger partial charge in [0, 0.05) is 6.54 Å². The van der Waals surface area contributed by atoms with Crippen LogP contribution in [0.2, 0.25) is 0 Å². The molecule has 0 aromatic heterocycles. The maximum absolute atomic E-state index is 11.3. The molecule has 2 N–H and O–H groups in total. The second-order valence-corrected chi connectivity index (χ2v) is 3.60. The molecule has 0 saturated carbocycles. The zero-order chi connectivity index (χ0) is 8.27. The molecule has 1 aliphatic heterocycles. The van der Waals surface area contributed by atoms with Crippen LogP contribution < -0.4 is 5.73 Å². The molecule has 0 spiro atoms. The van der Waals surface area contributed by atoms with Crippen LogP contribution in [0.3, 0.4) is 0 Å². The highest BCUT2D eigenvalue weighted by atomic mass is 32.2. The summed E-state index contributed by atoms with van der Waals surface area (Å²) in [7, 11) is 0. The molecular formula is C7H14N2OS. The van der Waals surface area contributed by atoms with Gasteiger partial charge in [0.25, 0.3) is 0 Å². The zero-order valence-electron chi connectivity index (χ0n) is 6.75. The van der Waals surface area contributed by atoms with Crippen LogP contribution in [0.5, 0.6) is 0 Å². The van der Waals surface area contributed by atoms with Gasteiger partial charge in [0.05, 0.1) is 11.9 Å². The molecule has 64 valence electrons. The number of carbonyl (C=O) groups is 1. The van der Waals surface area contributed by atoms with Crippen molar-refractivity contribution in [3.63, 3.8) is 0 Å². The Morgan fingerprint density at radius 2 is 2.55 bits per heavy atom. The van der Waals surface area contributed by atoms with E-state index in [1.54, 1.807) is 16.7 Å².